The lowest BCUT2D eigenvalue weighted by Crippen LogP contribution is -1.84. The number of nitrogens with zero attached hydrogens (tertiary/aromatic N) is 6. The van der Waals surface area contributed by atoms with Crippen LogP contribution < -0.4 is 0 Å². The van der Waals surface area contributed by atoms with Crippen molar-refractivity contribution in [1.82, 2.24) is 0 Å². The summed E-state index contributed by atoms with van der Waals surface area (Å²) in [5, 5.41) is 44.1. The van der Waals surface area contributed by atoms with Crippen LogP contribution in [-0.2, 0) is 0 Å². The van der Waals surface area contributed by atoms with Crippen LogP contribution in [0.25, 0.3) is 0 Å². The Morgan fingerprint density at radius 2 is 0.818 bits per heavy atom. The van der Waals surface area contributed by atoms with E-state index in [0.717, 1.165) is 0 Å². The molecule has 6 heteroatoms. The van der Waals surface area contributed by atoms with Crippen molar-refractivity contribution in [2.24, 2.45) is 10.2 Å². The van der Waals surface area contributed by atoms with E-state index < -0.39 is 0 Å². The first kappa shape index (κ1) is 14.4. The van der Waals surface area contributed by atoms with Gasteiger partial charge in [-0.15, -0.1) is 10.2 Å². The Labute approximate surface area is 126 Å². The Morgan fingerprint density at radius 1 is 0.545 bits per heavy atom. The molecule has 0 N–H and O–H groups in total. The monoisotopic (exact) mass is 282 g/mol. The van der Waals surface area contributed by atoms with Gasteiger partial charge in [0.15, 0.2) is 0 Å². The van der Waals surface area contributed by atoms with Crippen LogP contribution in [0.2, 0.25) is 0 Å². The average Bonchev–Trinajstić information content (AvgIpc) is 2.58. The van der Waals surface area contributed by atoms with E-state index in [2.05, 4.69) is 10.2 Å². The Morgan fingerprint density at radius 3 is 1.05 bits per heavy atom. The van der Waals surface area contributed by atoms with E-state index in [4.69, 9.17) is 21.0 Å². The number of hydrogen-bond donors (Lipinski definition) is 0. The van der Waals surface area contributed by atoms with Gasteiger partial charge in [-0.2, -0.15) is 21.0 Å². The summed E-state index contributed by atoms with van der Waals surface area (Å²) in [7, 11) is 0. The minimum Gasteiger partial charge on any atom is -0.192 e. The van der Waals surface area contributed by atoms with E-state index in [0.29, 0.717) is 0 Å². The molecule has 0 saturated heterocycles. The smallest absolute Gasteiger partial charge is 0.121 e. The molecule has 22 heavy (non-hydrogen) atoms. The average molecular weight is 282 g/mol. The molecule has 0 spiro atoms. The lowest BCUT2D eigenvalue weighted by Gasteiger charge is -2.01. The highest BCUT2D eigenvalue weighted by Gasteiger charge is 2.10. The molecule has 0 aliphatic carbocycles. The molecule has 0 radical (unpaired) electrons. The minimum absolute atomic E-state index is 0.115. The summed E-state index contributed by atoms with van der Waals surface area (Å²) in [6, 6.07) is 16.9. The van der Waals surface area contributed by atoms with E-state index in [-0.39, 0.29) is 33.6 Å². The third-order valence-corrected chi connectivity index (χ3v) is 2.80. The molecular weight excluding hydrogens is 276 g/mol. The maximum atomic E-state index is 9.07. The molecule has 0 heterocycles. The van der Waals surface area contributed by atoms with Crippen molar-refractivity contribution in [3.63, 3.8) is 0 Å². The molecule has 0 atom stereocenters. The summed E-state index contributed by atoms with van der Waals surface area (Å²) in [6.07, 6.45) is 0. The van der Waals surface area contributed by atoms with E-state index in [9.17, 15) is 0 Å². The zero-order valence-electron chi connectivity index (χ0n) is 11.1. The van der Waals surface area contributed by atoms with Crippen LogP contribution in [-0.4, -0.2) is 0 Å². The molecule has 0 bridgehead atoms. The van der Waals surface area contributed by atoms with Gasteiger partial charge in [0.25, 0.3) is 0 Å². The van der Waals surface area contributed by atoms with Crippen molar-refractivity contribution in [3.8, 4) is 24.3 Å². The summed E-state index contributed by atoms with van der Waals surface area (Å²) in [6.45, 7) is 0. The molecule has 0 aromatic heterocycles. The van der Waals surface area contributed by atoms with Crippen LogP contribution >= 0.6 is 0 Å². The van der Waals surface area contributed by atoms with Gasteiger partial charge in [0.1, 0.15) is 35.7 Å². The Bertz CT molecular complexity index is 787. The van der Waals surface area contributed by atoms with E-state index in [1.165, 1.54) is 24.3 Å². The molecule has 2 aromatic carbocycles. The van der Waals surface area contributed by atoms with Crippen LogP contribution in [0.3, 0.4) is 0 Å². The molecule has 2 aromatic rings. The molecule has 0 fully saturated rings. The second-order valence-corrected chi connectivity index (χ2v) is 4.05. The summed E-state index contributed by atoms with van der Waals surface area (Å²) < 4.78 is 0. The summed E-state index contributed by atoms with van der Waals surface area (Å²) in [4.78, 5) is 0. The third-order valence-electron chi connectivity index (χ3n) is 2.80. The third kappa shape index (κ3) is 2.63. The van der Waals surface area contributed by atoms with Gasteiger partial charge in [0, 0.05) is 0 Å². The number of rotatable bonds is 2. The van der Waals surface area contributed by atoms with Gasteiger partial charge in [-0.1, -0.05) is 12.1 Å². The maximum absolute atomic E-state index is 9.07. The predicted molar refractivity (Wildman–Crippen MR) is 75.9 cm³/mol. The van der Waals surface area contributed by atoms with E-state index in [1.54, 1.807) is 12.1 Å². The molecule has 0 aliphatic heterocycles. The topological polar surface area (TPSA) is 120 Å². The molecule has 2 rings (SSSR count). The first-order chi connectivity index (χ1) is 10.7. The van der Waals surface area contributed by atoms with Gasteiger partial charge in [0.05, 0.1) is 22.3 Å². The van der Waals surface area contributed by atoms with Crippen LogP contribution in [0.1, 0.15) is 22.3 Å². The Kier molecular flexibility index (Phi) is 4.22. The van der Waals surface area contributed by atoms with Crippen LogP contribution in [0.4, 0.5) is 11.4 Å². The molecule has 6 nitrogen and oxygen atoms in total. The van der Waals surface area contributed by atoms with Gasteiger partial charge in [0.2, 0.25) is 0 Å². The highest BCUT2D eigenvalue weighted by molar-refractivity contribution is 5.65. The minimum atomic E-state index is 0.115. The zero-order valence-corrected chi connectivity index (χ0v) is 11.1. The number of azo groups is 1. The van der Waals surface area contributed by atoms with Gasteiger partial charge >= 0.3 is 0 Å². The van der Waals surface area contributed by atoms with Gasteiger partial charge in [-0.05, 0) is 24.3 Å². The van der Waals surface area contributed by atoms with Crippen molar-refractivity contribution in [3.05, 3.63) is 58.7 Å². The first-order valence-electron chi connectivity index (χ1n) is 6.03. The normalized spacial score (nSPS) is 9.45. The number of benzene rings is 2. The first-order valence-corrected chi connectivity index (χ1v) is 6.03. The summed E-state index contributed by atoms with van der Waals surface area (Å²) in [5.41, 5.74) is 0.992. The van der Waals surface area contributed by atoms with Crippen molar-refractivity contribution >= 4 is 11.4 Å². The molecule has 100 valence electrons. The predicted octanol–water partition coefficient (Wildman–Crippen LogP) is 3.59. The summed E-state index contributed by atoms with van der Waals surface area (Å²) >= 11 is 0. The van der Waals surface area contributed by atoms with Gasteiger partial charge in [-0.3, -0.25) is 0 Å². The van der Waals surface area contributed by atoms with E-state index in [1.807, 2.05) is 24.3 Å². The fourth-order valence-corrected chi connectivity index (χ4v) is 1.76. The number of hydrogen-bond acceptors (Lipinski definition) is 6. The molecule has 0 unspecified atom stereocenters. The highest BCUT2D eigenvalue weighted by atomic mass is 15.1. The van der Waals surface area contributed by atoms with Crippen LogP contribution in [0.15, 0.2) is 46.6 Å². The maximum Gasteiger partial charge on any atom is 0.121 e. The summed E-state index contributed by atoms with van der Waals surface area (Å²) in [5.74, 6) is 0. The lowest BCUT2D eigenvalue weighted by molar-refractivity contribution is 1.20. The quantitative estimate of drug-likeness (QED) is 0.781. The zero-order chi connectivity index (χ0) is 15.9. The second-order valence-electron chi connectivity index (χ2n) is 4.05. The number of nitriles is 4. The van der Waals surface area contributed by atoms with Crippen molar-refractivity contribution in [2.75, 3.05) is 0 Å². The van der Waals surface area contributed by atoms with Crippen LogP contribution in [0.5, 0.6) is 0 Å². The molecule has 0 saturated carbocycles. The fraction of sp³-hybridized carbons (Fsp3) is 0. The fourth-order valence-electron chi connectivity index (χ4n) is 1.76. The standard InChI is InChI=1S/C16H6N6/c17-7-11-3-1-4-12(8-18)15(11)21-22-16-13(9-19)5-2-6-14(16)10-20/h1-6H/b22-21+. The SMILES string of the molecule is N#Cc1cccc(C#N)c1/N=N/c1c(C#N)cccc1C#N. The Hall–Kier alpha value is -4.00. The second kappa shape index (κ2) is 6.44. The van der Waals surface area contributed by atoms with Gasteiger partial charge in [-0.25, -0.2) is 0 Å². The van der Waals surface area contributed by atoms with Crippen LogP contribution in [0, 0.1) is 45.3 Å². The van der Waals surface area contributed by atoms with Crippen molar-refractivity contribution < 1.29 is 0 Å². The Balaban J connectivity index is 2.62. The van der Waals surface area contributed by atoms with E-state index >= 15 is 0 Å². The lowest BCUT2D eigenvalue weighted by atomic mass is 10.1. The largest absolute Gasteiger partial charge is 0.192 e. The molecule has 0 amide bonds. The molecule has 0 aliphatic rings. The van der Waals surface area contributed by atoms with Crippen molar-refractivity contribution in [2.45, 2.75) is 0 Å². The van der Waals surface area contributed by atoms with Gasteiger partial charge < -0.3 is 0 Å². The van der Waals surface area contributed by atoms with Crippen molar-refractivity contribution in [1.29, 1.82) is 21.0 Å². The highest BCUT2D eigenvalue weighted by Crippen LogP contribution is 2.29. The molecular formula is C16H6N6.